The average Bonchev–Trinajstić information content (AvgIpc) is 2.88. The number of amides is 2. The minimum atomic E-state index is -4.56. The van der Waals surface area contributed by atoms with Crippen molar-refractivity contribution in [1.82, 2.24) is 4.90 Å². The molecular formula is C16H21F3N2O4S. The largest absolute Gasteiger partial charge is 0.492 e. The highest BCUT2D eigenvalue weighted by molar-refractivity contribution is 7.91. The maximum absolute atomic E-state index is 12.9. The number of anilines is 1. The Morgan fingerprint density at radius 3 is 2.54 bits per heavy atom. The Morgan fingerprint density at radius 1 is 1.35 bits per heavy atom. The van der Waals surface area contributed by atoms with Crippen LogP contribution in [0, 0.1) is 0 Å². The van der Waals surface area contributed by atoms with E-state index in [1.807, 2.05) is 0 Å². The van der Waals surface area contributed by atoms with E-state index in [-0.39, 0.29) is 36.1 Å². The zero-order valence-corrected chi connectivity index (χ0v) is 15.3. The molecule has 1 saturated heterocycles. The number of nitrogens with zero attached hydrogens (tertiary/aromatic N) is 1. The first kappa shape index (κ1) is 20.3. The van der Waals surface area contributed by atoms with E-state index in [9.17, 15) is 26.4 Å². The first-order valence-electron chi connectivity index (χ1n) is 8.19. The van der Waals surface area contributed by atoms with Gasteiger partial charge in [0.15, 0.2) is 9.84 Å². The minimum absolute atomic E-state index is 0.00476. The Morgan fingerprint density at radius 2 is 2.04 bits per heavy atom. The van der Waals surface area contributed by atoms with Gasteiger partial charge in [-0.1, -0.05) is 0 Å². The molecule has 6 nitrogen and oxygen atoms in total. The first-order valence-corrected chi connectivity index (χ1v) is 10.0. The molecule has 1 aromatic rings. The summed E-state index contributed by atoms with van der Waals surface area (Å²) in [6.45, 7) is 3.80. The van der Waals surface area contributed by atoms with Crippen molar-refractivity contribution in [1.29, 1.82) is 0 Å². The monoisotopic (exact) mass is 394 g/mol. The molecule has 1 fully saturated rings. The van der Waals surface area contributed by atoms with Crippen LogP contribution in [0.5, 0.6) is 5.75 Å². The molecule has 1 atom stereocenters. The maximum atomic E-state index is 12.9. The molecule has 0 spiro atoms. The van der Waals surface area contributed by atoms with Crippen LogP contribution in [0.25, 0.3) is 0 Å². The van der Waals surface area contributed by atoms with Crippen molar-refractivity contribution in [2.24, 2.45) is 0 Å². The van der Waals surface area contributed by atoms with Crippen LogP contribution in [-0.2, 0) is 16.0 Å². The van der Waals surface area contributed by atoms with E-state index >= 15 is 0 Å². The van der Waals surface area contributed by atoms with Gasteiger partial charge in [0.05, 0.1) is 29.4 Å². The highest BCUT2D eigenvalue weighted by Gasteiger charge is 2.35. The number of urea groups is 1. The number of nitrogens with one attached hydrogen (secondary N) is 1. The number of carbonyl (C=O) groups is 1. The van der Waals surface area contributed by atoms with E-state index in [1.165, 1.54) is 4.90 Å². The summed E-state index contributed by atoms with van der Waals surface area (Å²) in [6, 6.07) is 1.68. The van der Waals surface area contributed by atoms with E-state index in [4.69, 9.17) is 4.74 Å². The molecule has 2 rings (SSSR count). The lowest BCUT2D eigenvalue weighted by atomic mass is 10.1. The molecule has 2 amide bonds. The van der Waals surface area contributed by atoms with Crippen LogP contribution in [-0.4, -0.2) is 50.0 Å². The molecule has 0 saturated carbocycles. The number of benzene rings is 1. The van der Waals surface area contributed by atoms with E-state index < -0.39 is 33.6 Å². The number of carbonyl (C=O) groups excluding carboxylic acids is 1. The summed E-state index contributed by atoms with van der Waals surface area (Å²) in [5, 5.41) is 2.43. The summed E-state index contributed by atoms with van der Waals surface area (Å²) >= 11 is 0. The zero-order valence-electron chi connectivity index (χ0n) is 14.5. The number of halogens is 3. The average molecular weight is 394 g/mol. The van der Waals surface area contributed by atoms with Gasteiger partial charge in [-0.05, 0) is 38.5 Å². The van der Waals surface area contributed by atoms with Gasteiger partial charge in [-0.15, -0.1) is 0 Å². The molecule has 1 aliphatic rings. The Kier molecular flexibility index (Phi) is 6.05. The summed E-state index contributed by atoms with van der Waals surface area (Å²) in [6.07, 6.45) is -4.25. The van der Waals surface area contributed by atoms with Gasteiger partial charge in [0.2, 0.25) is 0 Å². The molecule has 0 unspecified atom stereocenters. The third-order valence-corrected chi connectivity index (χ3v) is 5.85. The maximum Gasteiger partial charge on any atom is 0.416 e. The van der Waals surface area contributed by atoms with Crippen molar-refractivity contribution in [2.75, 3.05) is 30.0 Å². The fourth-order valence-corrected chi connectivity index (χ4v) is 4.59. The van der Waals surface area contributed by atoms with Gasteiger partial charge in [0.1, 0.15) is 5.75 Å². The number of hydrogen-bond acceptors (Lipinski definition) is 4. The van der Waals surface area contributed by atoms with Gasteiger partial charge in [-0.2, -0.15) is 13.2 Å². The molecule has 1 N–H and O–H groups in total. The second-order valence-corrected chi connectivity index (χ2v) is 8.14. The quantitative estimate of drug-likeness (QED) is 0.833. The summed E-state index contributed by atoms with van der Waals surface area (Å²) in [4.78, 5) is 13.9. The molecule has 26 heavy (non-hydrogen) atoms. The van der Waals surface area contributed by atoms with Crippen LogP contribution in [0.3, 0.4) is 0 Å². The second kappa shape index (κ2) is 7.73. The summed E-state index contributed by atoms with van der Waals surface area (Å²) in [5.74, 6) is -0.0337. The fourth-order valence-electron chi connectivity index (χ4n) is 2.86. The van der Waals surface area contributed by atoms with Crippen LogP contribution in [0.1, 0.15) is 25.8 Å². The summed E-state index contributed by atoms with van der Waals surface area (Å²) < 4.78 is 67.4. The SMILES string of the molecule is CCOc1ccc(C(F)(F)F)cc1NC(=O)N(CC)[C@H]1CCS(=O)(=O)C1. The van der Waals surface area contributed by atoms with Crippen molar-refractivity contribution >= 4 is 21.6 Å². The molecule has 0 aliphatic carbocycles. The molecule has 0 bridgehead atoms. The Bertz CT molecular complexity index is 765. The van der Waals surface area contributed by atoms with Crippen LogP contribution in [0.4, 0.5) is 23.7 Å². The Hall–Kier alpha value is -1.97. The molecule has 0 radical (unpaired) electrons. The van der Waals surface area contributed by atoms with E-state index in [0.29, 0.717) is 6.42 Å². The first-order chi connectivity index (χ1) is 12.1. The number of alkyl halides is 3. The van der Waals surface area contributed by atoms with Crippen molar-refractivity contribution < 1.29 is 31.1 Å². The Balaban J connectivity index is 2.25. The van der Waals surface area contributed by atoms with Crippen LogP contribution >= 0.6 is 0 Å². The van der Waals surface area contributed by atoms with Crippen molar-refractivity contribution in [3.8, 4) is 5.75 Å². The lowest BCUT2D eigenvalue weighted by Gasteiger charge is -2.27. The highest BCUT2D eigenvalue weighted by atomic mass is 32.2. The predicted molar refractivity (Wildman–Crippen MR) is 91.1 cm³/mol. The molecular weight excluding hydrogens is 373 g/mol. The normalized spacial score (nSPS) is 19.2. The van der Waals surface area contributed by atoms with Gasteiger partial charge >= 0.3 is 12.2 Å². The predicted octanol–water partition coefficient (Wildman–Crippen LogP) is 3.15. The van der Waals surface area contributed by atoms with Gasteiger partial charge in [0.25, 0.3) is 0 Å². The van der Waals surface area contributed by atoms with Gasteiger partial charge in [-0.25, -0.2) is 13.2 Å². The summed E-state index contributed by atoms with van der Waals surface area (Å²) in [5.41, 5.74) is -1.02. The van der Waals surface area contributed by atoms with Gasteiger partial charge in [0, 0.05) is 12.6 Å². The highest BCUT2D eigenvalue weighted by Crippen LogP contribution is 2.35. The third kappa shape index (κ3) is 4.80. The minimum Gasteiger partial charge on any atom is -0.492 e. The number of sulfone groups is 1. The Labute approximate surface area is 150 Å². The molecule has 1 aliphatic heterocycles. The molecule has 0 aromatic heterocycles. The standard InChI is InChI=1S/C16H21F3N2O4S/c1-3-21(12-7-8-26(23,24)10-12)15(22)20-13-9-11(16(17,18)19)5-6-14(13)25-4-2/h5-6,9,12H,3-4,7-8,10H2,1-2H3,(H,20,22)/t12-/m0/s1. The van der Waals surface area contributed by atoms with Gasteiger partial charge in [-0.3, -0.25) is 0 Å². The van der Waals surface area contributed by atoms with E-state index in [1.54, 1.807) is 13.8 Å². The molecule has 1 heterocycles. The topological polar surface area (TPSA) is 75.7 Å². The van der Waals surface area contributed by atoms with Crippen LogP contribution in [0.2, 0.25) is 0 Å². The lowest BCUT2D eigenvalue weighted by Crippen LogP contribution is -2.43. The molecule has 10 heteroatoms. The van der Waals surface area contributed by atoms with E-state index in [0.717, 1.165) is 18.2 Å². The third-order valence-electron chi connectivity index (χ3n) is 4.10. The van der Waals surface area contributed by atoms with Crippen molar-refractivity contribution in [3.63, 3.8) is 0 Å². The smallest absolute Gasteiger partial charge is 0.416 e. The van der Waals surface area contributed by atoms with Crippen LogP contribution in [0.15, 0.2) is 18.2 Å². The lowest BCUT2D eigenvalue weighted by molar-refractivity contribution is -0.137. The summed E-state index contributed by atoms with van der Waals surface area (Å²) in [7, 11) is -3.19. The number of ether oxygens (including phenoxy) is 1. The number of hydrogen-bond donors (Lipinski definition) is 1. The fraction of sp³-hybridized carbons (Fsp3) is 0.562. The van der Waals surface area contributed by atoms with Crippen LogP contribution < -0.4 is 10.1 Å². The van der Waals surface area contributed by atoms with Crippen molar-refractivity contribution in [2.45, 2.75) is 32.5 Å². The van der Waals surface area contributed by atoms with Crippen molar-refractivity contribution in [3.05, 3.63) is 23.8 Å². The van der Waals surface area contributed by atoms with E-state index in [2.05, 4.69) is 5.32 Å². The second-order valence-electron chi connectivity index (χ2n) is 5.91. The zero-order chi connectivity index (χ0) is 19.5. The number of rotatable bonds is 5. The van der Waals surface area contributed by atoms with Gasteiger partial charge < -0.3 is 15.0 Å². The molecule has 146 valence electrons. The molecule has 1 aromatic carbocycles.